The molecule has 0 unspecified atom stereocenters. The van der Waals surface area contributed by atoms with Crippen LogP contribution in [0.4, 0.5) is 0 Å². The number of rotatable bonds is 4. The highest BCUT2D eigenvalue weighted by atomic mass is 14.1. The Hall–Kier alpha value is -1.30. The van der Waals surface area contributed by atoms with Crippen LogP contribution in [0.5, 0.6) is 0 Å². The molecule has 0 aromatic heterocycles. The van der Waals surface area contributed by atoms with Crippen LogP contribution in [0.15, 0.2) is 48.1 Å². The largest absolute Gasteiger partial charge is 0.0726 e. The predicted octanol–water partition coefficient (Wildman–Crippen LogP) is 4.59. The van der Waals surface area contributed by atoms with Crippen molar-refractivity contribution in [3.05, 3.63) is 53.6 Å². The van der Waals surface area contributed by atoms with Gasteiger partial charge in [0.15, 0.2) is 0 Å². The summed E-state index contributed by atoms with van der Waals surface area (Å²) in [6, 6.07) is 10.7. The molecule has 0 bridgehead atoms. The summed E-state index contributed by atoms with van der Waals surface area (Å²) in [5.74, 6) is 0. The molecule has 15 heavy (non-hydrogen) atoms. The molecule has 78 valence electrons. The van der Waals surface area contributed by atoms with Gasteiger partial charge >= 0.3 is 0 Å². The zero-order chi connectivity index (χ0) is 10.5. The average Bonchev–Trinajstić information content (AvgIpc) is 2.76. The molecule has 0 spiro atoms. The summed E-state index contributed by atoms with van der Waals surface area (Å²) in [7, 11) is 0. The third-order valence-electron chi connectivity index (χ3n) is 2.90. The minimum absolute atomic E-state index is 1.16. The smallest absolute Gasteiger partial charge is 0.0126 e. The summed E-state index contributed by atoms with van der Waals surface area (Å²) >= 11 is 0. The van der Waals surface area contributed by atoms with E-state index in [0.717, 1.165) is 6.42 Å². The lowest BCUT2D eigenvalue weighted by molar-refractivity contribution is 0.779. The Morgan fingerprint density at radius 2 is 1.93 bits per heavy atom. The van der Waals surface area contributed by atoms with Crippen LogP contribution in [0.25, 0.3) is 5.57 Å². The van der Waals surface area contributed by atoms with Crippen LogP contribution in [0.3, 0.4) is 0 Å². The Labute approximate surface area is 92.3 Å². The SMILES string of the molecule is CCCCC1=CC(c2ccccc2)=CC1. The quantitative estimate of drug-likeness (QED) is 0.663. The lowest BCUT2D eigenvalue weighted by Crippen LogP contribution is -1.78. The van der Waals surface area contributed by atoms with E-state index in [1.165, 1.54) is 30.4 Å². The Kier molecular flexibility index (Phi) is 3.39. The summed E-state index contributed by atoms with van der Waals surface area (Å²) in [6.45, 7) is 2.25. The maximum Gasteiger partial charge on any atom is -0.0126 e. The van der Waals surface area contributed by atoms with Gasteiger partial charge in [-0.2, -0.15) is 0 Å². The fraction of sp³-hybridized carbons (Fsp3) is 0.333. The van der Waals surface area contributed by atoms with Crippen molar-refractivity contribution in [2.45, 2.75) is 32.6 Å². The van der Waals surface area contributed by atoms with E-state index in [4.69, 9.17) is 0 Å². The summed E-state index contributed by atoms with van der Waals surface area (Å²) < 4.78 is 0. The maximum absolute atomic E-state index is 2.37. The van der Waals surface area contributed by atoms with E-state index in [2.05, 4.69) is 49.4 Å². The summed E-state index contributed by atoms with van der Waals surface area (Å²) in [5.41, 5.74) is 4.35. The maximum atomic E-state index is 2.37. The van der Waals surface area contributed by atoms with E-state index in [9.17, 15) is 0 Å². The molecule has 0 fully saturated rings. The third kappa shape index (κ3) is 2.59. The first-order valence-corrected chi connectivity index (χ1v) is 5.85. The summed E-state index contributed by atoms with van der Waals surface area (Å²) in [4.78, 5) is 0. The van der Waals surface area contributed by atoms with Gasteiger partial charge in [-0.1, -0.05) is 61.4 Å². The van der Waals surface area contributed by atoms with Crippen molar-refractivity contribution in [3.63, 3.8) is 0 Å². The van der Waals surface area contributed by atoms with Gasteiger partial charge in [0.25, 0.3) is 0 Å². The van der Waals surface area contributed by atoms with E-state index < -0.39 is 0 Å². The molecule has 0 saturated carbocycles. The molecule has 0 aliphatic heterocycles. The average molecular weight is 198 g/mol. The molecular weight excluding hydrogens is 180 g/mol. The van der Waals surface area contributed by atoms with Crippen molar-refractivity contribution in [1.82, 2.24) is 0 Å². The minimum atomic E-state index is 1.16. The fourth-order valence-corrected chi connectivity index (χ4v) is 1.99. The van der Waals surface area contributed by atoms with Gasteiger partial charge in [-0.15, -0.1) is 0 Å². The van der Waals surface area contributed by atoms with Gasteiger partial charge in [0.2, 0.25) is 0 Å². The van der Waals surface area contributed by atoms with Crippen LogP contribution >= 0.6 is 0 Å². The first-order chi connectivity index (χ1) is 7.40. The molecule has 1 aromatic rings. The van der Waals surface area contributed by atoms with Crippen LogP contribution in [0.1, 0.15) is 38.2 Å². The molecule has 0 N–H and O–H groups in total. The Morgan fingerprint density at radius 3 is 2.67 bits per heavy atom. The highest BCUT2D eigenvalue weighted by Gasteiger charge is 2.07. The highest BCUT2D eigenvalue weighted by molar-refractivity contribution is 5.77. The second kappa shape index (κ2) is 4.97. The molecule has 0 nitrogen and oxygen atoms in total. The van der Waals surface area contributed by atoms with E-state index in [1.807, 2.05) is 0 Å². The summed E-state index contributed by atoms with van der Waals surface area (Å²) in [6.07, 6.45) is 9.75. The van der Waals surface area contributed by atoms with Crippen molar-refractivity contribution < 1.29 is 0 Å². The van der Waals surface area contributed by atoms with Crippen molar-refractivity contribution in [2.24, 2.45) is 0 Å². The van der Waals surface area contributed by atoms with Gasteiger partial charge < -0.3 is 0 Å². The number of unbranched alkanes of at least 4 members (excludes halogenated alkanes) is 1. The van der Waals surface area contributed by atoms with E-state index >= 15 is 0 Å². The van der Waals surface area contributed by atoms with Gasteiger partial charge in [0.05, 0.1) is 0 Å². The number of allylic oxidation sites excluding steroid dienone is 4. The van der Waals surface area contributed by atoms with Gasteiger partial charge in [0, 0.05) is 0 Å². The van der Waals surface area contributed by atoms with Crippen LogP contribution < -0.4 is 0 Å². The second-order valence-electron chi connectivity index (χ2n) is 4.14. The van der Waals surface area contributed by atoms with Crippen molar-refractivity contribution >= 4 is 5.57 Å². The molecule has 1 aliphatic carbocycles. The molecule has 0 heteroatoms. The second-order valence-corrected chi connectivity index (χ2v) is 4.14. The van der Waals surface area contributed by atoms with Gasteiger partial charge in [-0.05, 0) is 30.4 Å². The molecule has 0 radical (unpaired) electrons. The number of hydrogen-bond donors (Lipinski definition) is 0. The van der Waals surface area contributed by atoms with E-state index in [0.29, 0.717) is 0 Å². The van der Waals surface area contributed by atoms with Crippen LogP contribution in [0.2, 0.25) is 0 Å². The van der Waals surface area contributed by atoms with Crippen molar-refractivity contribution in [3.8, 4) is 0 Å². The topological polar surface area (TPSA) is 0 Å². The van der Waals surface area contributed by atoms with Gasteiger partial charge in [-0.3, -0.25) is 0 Å². The molecule has 1 aromatic carbocycles. The zero-order valence-corrected chi connectivity index (χ0v) is 9.37. The molecule has 0 saturated heterocycles. The standard InChI is InChI=1S/C15H18/c1-2-3-7-13-10-11-15(12-13)14-8-5-4-6-9-14/h4-6,8-9,11-12H,2-3,7,10H2,1H3. The number of hydrogen-bond acceptors (Lipinski definition) is 0. The van der Waals surface area contributed by atoms with Crippen LogP contribution in [0, 0.1) is 0 Å². The lowest BCUT2D eigenvalue weighted by Gasteiger charge is -1.99. The molecule has 0 atom stereocenters. The fourth-order valence-electron chi connectivity index (χ4n) is 1.99. The first kappa shape index (κ1) is 10.2. The van der Waals surface area contributed by atoms with E-state index in [-0.39, 0.29) is 0 Å². The normalized spacial score (nSPS) is 15.0. The van der Waals surface area contributed by atoms with Crippen molar-refractivity contribution in [1.29, 1.82) is 0 Å². The Balaban J connectivity index is 2.05. The van der Waals surface area contributed by atoms with Crippen LogP contribution in [-0.4, -0.2) is 0 Å². The predicted molar refractivity (Wildman–Crippen MR) is 66.6 cm³/mol. The monoisotopic (exact) mass is 198 g/mol. The molecule has 1 aliphatic rings. The molecule has 0 heterocycles. The highest BCUT2D eigenvalue weighted by Crippen LogP contribution is 2.28. The third-order valence-corrected chi connectivity index (χ3v) is 2.90. The lowest BCUT2D eigenvalue weighted by atomic mass is 10.1. The Bertz CT molecular complexity index is 368. The summed E-state index contributed by atoms with van der Waals surface area (Å²) in [5, 5.41) is 0. The molecule has 2 rings (SSSR count). The van der Waals surface area contributed by atoms with Gasteiger partial charge in [0.1, 0.15) is 0 Å². The van der Waals surface area contributed by atoms with Crippen LogP contribution in [-0.2, 0) is 0 Å². The minimum Gasteiger partial charge on any atom is -0.0726 e. The molecule has 0 amide bonds. The first-order valence-electron chi connectivity index (χ1n) is 5.85. The zero-order valence-electron chi connectivity index (χ0n) is 9.37. The number of benzene rings is 1. The van der Waals surface area contributed by atoms with Gasteiger partial charge in [-0.25, -0.2) is 0 Å². The Morgan fingerprint density at radius 1 is 1.13 bits per heavy atom. The molecular formula is C15H18. The van der Waals surface area contributed by atoms with Crippen molar-refractivity contribution in [2.75, 3.05) is 0 Å². The van der Waals surface area contributed by atoms with E-state index in [1.54, 1.807) is 5.57 Å².